The number of benzene rings is 2. The molecular weight excluding hydrogens is 414 g/mol. The molecule has 164 valence electrons. The number of aromatic nitrogens is 3. The number of likely N-dealkylation sites (tertiary alicyclic amines) is 1. The molecule has 5 rings (SSSR count). The molecule has 1 fully saturated rings. The topological polar surface area (TPSA) is 64.2 Å². The Balaban J connectivity index is 1.23. The Bertz CT molecular complexity index is 1290. The quantitative estimate of drug-likeness (QED) is 0.460. The standard InChI is InChI=1S/C24H22F2N4O2/c1-15-27-20-4-2-3-5-22(20)30(15)14-16-8-10-29(11-9-16)24(31)21-13-23(32-28-21)17-6-7-18(25)19(26)12-17/h2-7,12-13,16H,8-11,14H2,1H3. The summed E-state index contributed by atoms with van der Waals surface area (Å²) in [5.41, 5.74) is 2.63. The predicted octanol–water partition coefficient (Wildman–Crippen LogP) is 4.83. The van der Waals surface area contributed by atoms with E-state index in [1.807, 2.05) is 25.1 Å². The molecule has 1 aliphatic rings. The van der Waals surface area contributed by atoms with E-state index in [1.54, 1.807) is 4.90 Å². The number of para-hydroxylation sites is 2. The van der Waals surface area contributed by atoms with Crippen molar-refractivity contribution < 1.29 is 18.1 Å². The molecule has 0 bridgehead atoms. The van der Waals surface area contributed by atoms with E-state index in [4.69, 9.17) is 4.52 Å². The average Bonchev–Trinajstić information content (AvgIpc) is 3.41. The Labute approximate surface area is 183 Å². The number of rotatable bonds is 4. The van der Waals surface area contributed by atoms with Gasteiger partial charge in [-0.15, -0.1) is 0 Å². The Morgan fingerprint density at radius 1 is 1.09 bits per heavy atom. The van der Waals surface area contributed by atoms with Crippen molar-refractivity contribution in [1.29, 1.82) is 0 Å². The highest BCUT2D eigenvalue weighted by atomic mass is 19.2. The molecule has 0 atom stereocenters. The Morgan fingerprint density at radius 3 is 2.66 bits per heavy atom. The number of hydrogen-bond donors (Lipinski definition) is 0. The van der Waals surface area contributed by atoms with Crippen molar-refractivity contribution in [3.05, 3.63) is 71.7 Å². The molecule has 3 heterocycles. The van der Waals surface area contributed by atoms with E-state index in [-0.39, 0.29) is 17.4 Å². The second kappa shape index (κ2) is 8.18. The first-order chi connectivity index (χ1) is 15.5. The van der Waals surface area contributed by atoms with Crippen LogP contribution in [0.25, 0.3) is 22.4 Å². The van der Waals surface area contributed by atoms with Crippen LogP contribution in [0.1, 0.15) is 29.2 Å². The van der Waals surface area contributed by atoms with Crippen LogP contribution < -0.4 is 0 Å². The van der Waals surface area contributed by atoms with Crippen molar-refractivity contribution >= 4 is 16.9 Å². The van der Waals surface area contributed by atoms with Gasteiger partial charge in [0.2, 0.25) is 0 Å². The second-order valence-electron chi connectivity index (χ2n) is 8.20. The summed E-state index contributed by atoms with van der Waals surface area (Å²) in [4.78, 5) is 19.3. The summed E-state index contributed by atoms with van der Waals surface area (Å²) < 4.78 is 34.1. The highest BCUT2D eigenvalue weighted by molar-refractivity contribution is 5.93. The van der Waals surface area contributed by atoms with Crippen LogP contribution in [0.15, 0.2) is 53.1 Å². The maximum Gasteiger partial charge on any atom is 0.276 e. The van der Waals surface area contributed by atoms with Crippen molar-refractivity contribution in [2.45, 2.75) is 26.3 Å². The number of amides is 1. The average molecular weight is 436 g/mol. The molecule has 0 spiro atoms. The van der Waals surface area contributed by atoms with Crippen molar-refractivity contribution in [3.63, 3.8) is 0 Å². The van der Waals surface area contributed by atoms with Crippen LogP contribution >= 0.6 is 0 Å². The Morgan fingerprint density at radius 2 is 1.88 bits per heavy atom. The van der Waals surface area contributed by atoms with Gasteiger partial charge in [0.1, 0.15) is 5.82 Å². The van der Waals surface area contributed by atoms with Gasteiger partial charge in [-0.1, -0.05) is 17.3 Å². The lowest BCUT2D eigenvalue weighted by atomic mass is 9.96. The minimum Gasteiger partial charge on any atom is -0.355 e. The van der Waals surface area contributed by atoms with Crippen LogP contribution in [0, 0.1) is 24.5 Å². The molecule has 6 nitrogen and oxygen atoms in total. The fraction of sp³-hybridized carbons (Fsp3) is 0.292. The summed E-state index contributed by atoms with van der Waals surface area (Å²) >= 11 is 0. The maximum atomic E-state index is 13.5. The third-order valence-corrected chi connectivity index (χ3v) is 6.12. The lowest BCUT2D eigenvalue weighted by molar-refractivity contribution is 0.0672. The van der Waals surface area contributed by atoms with Crippen LogP contribution in [-0.4, -0.2) is 38.6 Å². The number of imidazole rings is 1. The van der Waals surface area contributed by atoms with Crippen LogP contribution in [0.3, 0.4) is 0 Å². The Hall–Kier alpha value is -3.55. The number of nitrogens with zero attached hydrogens (tertiary/aromatic N) is 4. The fourth-order valence-corrected chi connectivity index (χ4v) is 4.33. The molecular formula is C24H22F2N4O2. The molecule has 1 amide bonds. The molecule has 0 unspecified atom stereocenters. The number of fused-ring (bicyclic) bond motifs is 1. The van der Waals surface area contributed by atoms with Gasteiger partial charge >= 0.3 is 0 Å². The van der Waals surface area contributed by atoms with Gasteiger partial charge in [0.15, 0.2) is 23.1 Å². The van der Waals surface area contributed by atoms with Crippen molar-refractivity contribution in [1.82, 2.24) is 19.6 Å². The first-order valence-electron chi connectivity index (χ1n) is 10.6. The molecule has 0 radical (unpaired) electrons. The normalized spacial score (nSPS) is 14.9. The van der Waals surface area contributed by atoms with Crippen molar-refractivity contribution in [3.8, 4) is 11.3 Å². The highest BCUT2D eigenvalue weighted by Crippen LogP contribution is 2.26. The summed E-state index contributed by atoms with van der Waals surface area (Å²) in [5.74, 6) is -0.460. The van der Waals surface area contributed by atoms with Crippen molar-refractivity contribution in [2.24, 2.45) is 5.92 Å². The van der Waals surface area contributed by atoms with Gasteiger partial charge in [-0.05, 0) is 56.0 Å². The third-order valence-electron chi connectivity index (χ3n) is 6.12. The van der Waals surface area contributed by atoms with Gasteiger partial charge in [-0.2, -0.15) is 0 Å². The number of piperidine rings is 1. The van der Waals surface area contributed by atoms with E-state index in [1.165, 1.54) is 12.1 Å². The molecule has 1 saturated heterocycles. The molecule has 0 N–H and O–H groups in total. The van der Waals surface area contributed by atoms with Gasteiger partial charge in [0.25, 0.3) is 5.91 Å². The number of hydrogen-bond acceptors (Lipinski definition) is 4. The molecule has 2 aromatic heterocycles. The van der Waals surface area contributed by atoms with Gasteiger partial charge < -0.3 is 14.0 Å². The van der Waals surface area contributed by atoms with Gasteiger partial charge in [0, 0.05) is 31.3 Å². The lowest BCUT2D eigenvalue weighted by Gasteiger charge is -2.32. The SMILES string of the molecule is Cc1nc2ccccc2n1CC1CCN(C(=O)c2cc(-c3ccc(F)c(F)c3)on2)CC1. The monoisotopic (exact) mass is 436 g/mol. The zero-order valence-electron chi connectivity index (χ0n) is 17.6. The van der Waals surface area contributed by atoms with E-state index in [0.29, 0.717) is 24.6 Å². The summed E-state index contributed by atoms with van der Waals surface area (Å²) in [6.45, 7) is 4.15. The summed E-state index contributed by atoms with van der Waals surface area (Å²) in [7, 11) is 0. The molecule has 4 aromatic rings. The molecule has 0 aliphatic carbocycles. The smallest absolute Gasteiger partial charge is 0.276 e. The van der Waals surface area contributed by atoms with E-state index in [0.717, 1.165) is 48.4 Å². The minimum atomic E-state index is -0.977. The molecule has 0 saturated carbocycles. The summed E-state index contributed by atoms with van der Waals surface area (Å²) in [6, 6.07) is 13.0. The van der Waals surface area contributed by atoms with E-state index in [2.05, 4.69) is 20.8 Å². The number of halogens is 2. The van der Waals surface area contributed by atoms with Gasteiger partial charge in [-0.3, -0.25) is 4.79 Å². The van der Waals surface area contributed by atoms with Crippen LogP contribution in [0.4, 0.5) is 8.78 Å². The van der Waals surface area contributed by atoms with E-state index < -0.39 is 11.6 Å². The molecule has 8 heteroatoms. The first-order valence-corrected chi connectivity index (χ1v) is 10.6. The third kappa shape index (κ3) is 3.77. The molecule has 1 aliphatic heterocycles. The van der Waals surface area contributed by atoms with Crippen LogP contribution in [0.5, 0.6) is 0 Å². The first kappa shape index (κ1) is 20.4. The van der Waals surface area contributed by atoms with E-state index >= 15 is 0 Å². The van der Waals surface area contributed by atoms with Crippen LogP contribution in [-0.2, 0) is 6.54 Å². The zero-order valence-corrected chi connectivity index (χ0v) is 17.6. The van der Waals surface area contributed by atoms with Gasteiger partial charge in [0.05, 0.1) is 11.0 Å². The van der Waals surface area contributed by atoms with Crippen molar-refractivity contribution in [2.75, 3.05) is 13.1 Å². The highest BCUT2D eigenvalue weighted by Gasteiger charge is 2.27. The maximum absolute atomic E-state index is 13.5. The predicted molar refractivity (Wildman–Crippen MR) is 115 cm³/mol. The number of aryl methyl sites for hydroxylation is 1. The zero-order chi connectivity index (χ0) is 22.2. The van der Waals surface area contributed by atoms with Crippen LogP contribution in [0.2, 0.25) is 0 Å². The summed E-state index contributed by atoms with van der Waals surface area (Å²) in [6.07, 6.45) is 1.76. The van der Waals surface area contributed by atoms with Gasteiger partial charge in [-0.25, -0.2) is 13.8 Å². The lowest BCUT2D eigenvalue weighted by Crippen LogP contribution is -2.39. The molecule has 2 aromatic carbocycles. The number of carbonyl (C=O) groups is 1. The number of carbonyl (C=O) groups excluding carboxylic acids is 1. The van der Waals surface area contributed by atoms with E-state index in [9.17, 15) is 13.6 Å². The minimum absolute atomic E-state index is 0.166. The second-order valence-corrected chi connectivity index (χ2v) is 8.20. The summed E-state index contributed by atoms with van der Waals surface area (Å²) in [5, 5.41) is 3.85. The Kier molecular flexibility index (Phi) is 5.20. The molecule has 32 heavy (non-hydrogen) atoms. The fourth-order valence-electron chi connectivity index (χ4n) is 4.33. The largest absolute Gasteiger partial charge is 0.355 e.